The van der Waals surface area contributed by atoms with Crippen molar-refractivity contribution in [1.82, 2.24) is 0 Å². The quantitative estimate of drug-likeness (QED) is 0.360. The molecule has 0 aromatic carbocycles. The van der Waals surface area contributed by atoms with Crippen LogP contribution in [0.25, 0.3) is 0 Å². The van der Waals surface area contributed by atoms with E-state index in [0.29, 0.717) is 0 Å². The van der Waals surface area contributed by atoms with Gasteiger partial charge in [-0.05, 0) is 0 Å². The van der Waals surface area contributed by atoms with E-state index in [-0.39, 0.29) is 0 Å². The van der Waals surface area contributed by atoms with Crippen molar-refractivity contribution in [3.05, 3.63) is 0 Å². The molecule has 0 aliphatic rings. The van der Waals surface area contributed by atoms with Crippen LogP contribution in [-0.2, 0) is 44.7 Å². The predicted octanol–water partition coefficient (Wildman–Crippen LogP) is -1.81. The maximum atomic E-state index is 10.4. The van der Waals surface area contributed by atoms with Gasteiger partial charge in [-0.15, -0.1) is 0 Å². The van der Waals surface area contributed by atoms with E-state index in [1.807, 2.05) is 0 Å². The lowest BCUT2D eigenvalue weighted by Gasteiger charge is -2.15. The standard InChI is InChI=1S/C4H10O11S3/c5-16(6)13-3-4(15-18(10,11)12)1-2-14-17(7,8)9/h4H,1-3H2,(H,5,6)(H,7,8,9)(H,10,11,12)/p-1. The molecular formula is C4H9O11S3-. The second kappa shape index (κ2) is 7.41. The van der Waals surface area contributed by atoms with Crippen molar-refractivity contribution in [3.8, 4) is 0 Å². The number of hydrogen-bond donors (Lipinski definition) is 2. The molecule has 0 aliphatic heterocycles. The summed E-state index contributed by atoms with van der Waals surface area (Å²) < 4.78 is 89.5. The first-order chi connectivity index (χ1) is 7.99. The zero-order chi connectivity index (χ0) is 14.4. The summed E-state index contributed by atoms with van der Waals surface area (Å²) in [5.74, 6) is 0. The highest BCUT2D eigenvalue weighted by Gasteiger charge is 2.19. The Labute approximate surface area is 105 Å². The molecule has 110 valence electrons. The van der Waals surface area contributed by atoms with Gasteiger partial charge in [0.05, 0.1) is 24.6 Å². The van der Waals surface area contributed by atoms with Crippen molar-refractivity contribution >= 4 is 32.2 Å². The molecule has 0 bridgehead atoms. The van der Waals surface area contributed by atoms with Crippen molar-refractivity contribution in [2.45, 2.75) is 12.5 Å². The van der Waals surface area contributed by atoms with Crippen LogP contribution in [0.15, 0.2) is 0 Å². The highest BCUT2D eigenvalue weighted by atomic mass is 32.3. The van der Waals surface area contributed by atoms with E-state index >= 15 is 0 Å². The van der Waals surface area contributed by atoms with Crippen LogP contribution in [-0.4, -0.2) is 54.0 Å². The molecule has 0 fully saturated rings. The van der Waals surface area contributed by atoms with Gasteiger partial charge in [-0.3, -0.25) is 13.3 Å². The van der Waals surface area contributed by atoms with Crippen LogP contribution in [0.2, 0.25) is 0 Å². The van der Waals surface area contributed by atoms with E-state index in [2.05, 4.69) is 12.5 Å². The van der Waals surface area contributed by atoms with Crippen LogP contribution in [0.3, 0.4) is 0 Å². The first kappa shape index (κ1) is 17.8. The summed E-state index contributed by atoms with van der Waals surface area (Å²) in [6.45, 7) is -1.52. The fourth-order valence-electron chi connectivity index (χ4n) is 0.748. The van der Waals surface area contributed by atoms with Gasteiger partial charge < -0.3 is 4.55 Å². The monoisotopic (exact) mass is 329 g/mol. The third-order valence-electron chi connectivity index (χ3n) is 1.28. The Hall–Kier alpha value is -0.190. The number of hydrogen-bond acceptors (Lipinski definition) is 9. The van der Waals surface area contributed by atoms with Crippen molar-refractivity contribution in [2.75, 3.05) is 13.2 Å². The largest absolute Gasteiger partial charge is 0.750 e. The highest BCUT2D eigenvalue weighted by Crippen LogP contribution is 2.05. The van der Waals surface area contributed by atoms with Gasteiger partial charge in [-0.25, -0.2) is 12.6 Å². The minimum Gasteiger partial charge on any atom is -0.750 e. The lowest BCUT2D eigenvalue weighted by molar-refractivity contribution is 0.0983. The predicted molar refractivity (Wildman–Crippen MR) is 53.4 cm³/mol. The zero-order valence-corrected chi connectivity index (χ0v) is 10.9. The molecule has 0 aromatic rings. The topological polar surface area (TPSA) is 177 Å². The Bertz CT molecular complexity index is 463. The third kappa shape index (κ3) is 12.3. The Morgan fingerprint density at radius 3 is 2.11 bits per heavy atom. The SMILES string of the molecule is O=S([O-])OCC(CCOS(=O)(=O)O)OS(=O)(=O)O. The van der Waals surface area contributed by atoms with Gasteiger partial charge >= 0.3 is 20.8 Å². The molecule has 11 nitrogen and oxygen atoms in total. The molecule has 0 spiro atoms. The summed E-state index contributed by atoms with van der Waals surface area (Å²) in [6, 6.07) is 0. The summed E-state index contributed by atoms with van der Waals surface area (Å²) in [7, 11) is -9.61. The molecule has 0 heterocycles. The second-order valence-electron chi connectivity index (χ2n) is 2.67. The second-order valence-corrected chi connectivity index (χ2v) is 5.46. The molecule has 2 N–H and O–H groups in total. The Morgan fingerprint density at radius 2 is 1.72 bits per heavy atom. The lowest BCUT2D eigenvalue weighted by atomic mass is 10.3. The van der Waals surface area contributed by atoms with Crippen LogP contribution < -0.4 is 0 Å². The minimum atomic E-state index is -4.89. The molecule has 0 aliphatic carbocycles. The highest BCUT2D eigenvalue weighted by molar-refractivity contribution is 7.81. The molecule has 0 saturated carbocycles. The Kier molecular flexibility index (Phi) is 7.33. The van der Waals surface area contributed by atoms with E-state index in [0.717, 1.165) is 0 Å². The molecule has 2 unspecified atom stereocenters. The van der Waals surface area contributed by atoms with Gasteiger partial charge in [0.25, 0.3) is 0 Å². The molecular weight excluding hydrogens is 320 g/mol. The van der Waals surface area contributed by atoms with Gasteiger partial charge in [0.2, 0.25) is 0 Å². The van der Waals surface area contributed by atoms with Gasteiger partial charge in [0.15, 0.2) is 0 Å². The summed E-state index contributed by atoms with van der Waals surface area (Å²) in [5.41, 5.74) is 0. The average molecular weight is 329 g/mol. The average Bonchev–Trinajstić information content (AvgIpc) is 2.09. The van der Waals surface area contributed by atoms with Crippen molar-refractivity contribution in [2.24, 2.45) is 0 Å². The summed E-state index contributed by atoms with van der Waals surface area (Å²) >= 11 is -2.95. The smallest absolute Gasteiger partial charge is 0.397 e. The van der Waals surface area contributed by atoms with Crippen LogP contribution in [0.1, 0.15) is 6.42 Å². The zero-order valence-electron chi connectivity index (χ0n) is 8.49. The lowest BCUT2D eigenvalue weighted by Crippen LogP contribution is -2.26. The molecule has 0 aromatic heterocycles. The summed E-state index contributed by atoms with van der Waals surface area (Å²) in [6.07, 6.45) is -2.00. The van der Waals surface area contributed by atoms with Crippen LogP contribution >= 0.6 is 0 Å². The minimum absolute atomic E-state index is 0.489. The van der Waals surface area contributed by atoms with Crippen molar-refractivity contribution in [1.29, 1.82) is 0 Å². The fourth-order valence-corrected chi connectivity index (χ4v) is 1.81. The maximum Gasteiger partial charge on any atom is 0.397 e. The Morgan fingerprint density at radius 1 is 1.17 bits per heavy atom. The van der Waals surface area contributed by atoms with E-state index < -0.39 is 57.9 Å². The molecule has 0 radical (unpaired) electrons. The van der Waals surface area contributed by atoms with Crippen molar-refractivity contribution < 1.29 is 47.3 Å². The first-order valence-electron chi connectivity index (χ1n) is 3.99. The van der Waals surface area contributed by atoms with Gasteiger partial charge in [-0.1, -0.05) is 0 Å². The molecule has 0 rings (SSSR count). The van der Waals surface area contributed by atoms with E-state index in [4.69, 9.17) is 9.11 Å². The van der Waals surface area contributed by atoms with Crippen LogP contribution in [0, 0.1) is 0 Å². The molecule has 18 heavy (non-hydrogen) atoms. The summed E-state index contributed by atoms with van der Waals surface area (Å²) in [4.78, 5) is 0. The van der Waals surface area contributed by atoms with Gasteiger partial charge in [0, 0.05) is 6.42 Å². The van der Waals surface area contributed by atoms with E-state index in [1.165, 1.54) is 0 Å². The number of rotatable bonds is 9. The summed E-state index contributed by atoms with van der Waals surface area (Å²) in [5, 5.41) is 0. The molecule has 2 atom stereocenters. The normalized spacial score (nSPS) is 16.4. The maximum absolute atomic E-state index is 10.4. The third-order valence-corrected chi connectivity index (χ3v) is 2.59. The van der Waals surface area contributed by atoms with Gasteiger partial charge in [-0.2, -0.15) is 16.8 Å². The fraction of sp³-hybridized carbons (Fsp3) is 1.00. The molecule has 0 amide bonds. The van der Waals surface area contributed by atoms with Crippen LogP contribution in [0.4, 0.5) is 0 Å². The molecule has 14 heteroatoms. The van der Waals surface area contributed by atoms with Crippen LogP contribution in [0.5, 0.6) is 0 Å². The van der Waals surface area contributed by atoms with Gasteiger partial charge in [0.1, 0.15) is 6.10 Å². The first-order valence-corrected chi connectivity index (χ1v) is 7.72. The van der Waals surface area contributed by atoms with E-state index in [9.17, 15) is 25.6 Å². The Balaban J connectivity index is 4.34. The van der Waals surface area contributed by atoms with E-state index in [1.54, 1.807) is 0 Å². The molecule has 0 saturated heterocycles. The van der Waals surface area contributed by atoms with Crippen molar-refractivity contribution in [3.63, 3.8) is 0 Å².